The Labute approximate surface area is 132 Å². The van der Waals surface area contributed by atoms with Crippen LogP contribution in [0.2, 0.25) is 0 Å². The Bertz CT molecular complexity index is 704. The number of halogens is 1. The minimum atomic E-state index is -0.313. The normalized spacial score (nSPS) is 16.3. The third kappa shape index (κ3) is 2.79. The SMILES string of the molecule is CCC1C=C(OC(=O)c2ccccc2)c2ccc(Br)cc21. The van der Waals surface area contributed by atoms with E-state index in [1.165, 1.54) is 5.56 Å². The summed E-state index contributed by atoms with van der Waals surface area (Å²) < 4.78 is 6.65. The number of carbonyl (C=O) groups excluding carboxylic acids is 1. The first-order valence-corrected chi connectivity index (χ1v) is 7.77. The van der Waals surface area contributed by atoms with E-state index in [9.17, 15) is 4.79 Å². The lowest BCUT2D eigenvalue weighted by molar-refractivity contribution is 0.0692. The van der Waals surface area contributed by atoms with Gasteiger partial charge in [0.15, 0.2) is 0 Å². The molecule has 1 aliphatic carbocycles. The predicted octanol–water partition coefficient (Wildman–Crippen LogP) is 5.15. The summed E-state index contributed by atoms with van der Waals surface area (Å²) in [5, 5.41) is 0. The number of ether oxygens (including phenoxy) is 1. The number of carbonyl (C=O) groups is 1. The highest BCUT2D eigenvalue weighted by Gasteiger charge is 2.25. The number of fused-ring (bicyclic) bond motifs is 1. The van der Waals surface area contributed by atoms with Crippen molar-refractivity contribution in [1.82, 2.24) is 0 Å². The Balaban J connectivity index is 1.89. The lowest BCUT2D eigenvalue weighted by Gasteiger charge is -2.09. The third-order valence-corrected chi connectivity index (χ3v) is 4.18. The minimum Gasteiger partial charge on any atom is -0.423 e. The molecular formula is C18H15BrO2. The van der Waals surface area contributed by atoms with E-state index in [0.717, 1.165) is 16.5 Å². The number of allylic oxidation sites excluding steroid dienone is 1. The van der Waals surface area contributed by atoms with Gasteiger partial charge >= 0.3 is 5.97 Å². The molecule has 106 valence electrons. The van der Waals surface area contributed by atoms with Crippen LogP contribution in [0.4, 0.5) is 0 Å². The Hall–Kier alpha value is -1.87. The van der Waals surface area contributed by atoms with Crippen LogP contribution >= 0.6 is 15.9 Å². The van der Waals surface area contributed by atoms with Gasteiger partial charge < -0.3 is 4.74 Å². The molecule has 0 N–H and O–H groups in total. The second-order valence-electron chi connectivity index (χ2n) is 5.03. The zero-order valence-corrected chi connectivity index (χ0v) is 13.3. The van der Waals surface area contributed by atoms with E-state index < -0.39 is 0 Å². The molecule has 0 aliphatic heterocycles. The first-order valence-electron chi connectivity index (χ1n) is 6.98. The van der Waals surface area contributed by atoms with Crippen molar-refractivity contribution < 1.29 is 9.53 Å². The first-order chi connectivity index (χ1) is 10.2. The highest BCUT2D eigenvalue weighted by Crippen LogP contribution is 2.39. The summed E-state index contributed by atoms with van der Waals surface area (Å²) in [5.74, 6) is 0.654. The maximum Gasteiger partial charge on any atom is 0.343 e. The molecule has 3 heteroatoms. The van der Waals surface area contributed by atoms with Crippen LogP contribution in [0.25, 0.3) is 5.76 Å². The van der Waals surface area contributed by atoms with Crippen molar-refractivity contribution in [2.24, 2.45) is 0 Å². The molecular weight excluding hydrogens is 328 g/mol. The molecule has 1 unspecified atom stereocenters. The number of hydrogen-bond acceptors (Lipinski definition) is 2. The predicted molar refractivity (Wildman–Crippen MR) is 87.0 cm³/mol. The lowest BCUT2D eigenvalue weighted by atomic mass is 9.99. The zero-order valence-electron chi connectivity index (χ0n) is 11.7. The summed E-state index contributed by atoms with van der Waals surface area (Å²) in [6.45, 7) is 2.13. The molecule has 0 amide bonds. The van der Waals surface area contributed by atoms with Crippen molar-refractivity contribution in [3.8, 4) is 0 Å². The van der Waals surface area contributed by atoms with Gasteiger partial charge in [0, 0.05) is 16.0 Å². The van der Waals surface area contributed by atoms with E-state index in [1.54, 1.807) is 12.1 Å². The van der Waals surface area contributed by atoms with Crippen molar-refractivity contribution in [2.45, 2.75) is 19.3 Å². The summed E-state index contributed by atoms with van der Waals surface area (Å²) in [7, 11) is 0. The molecule has 2 aromatic carbocycles. The van der Waals surface area contributed by atoms with Gasteiger partial charge in [0.25, 0.3) is 0 Å². The fourth-order valence-electron chi connectivity index (χ4n) is 2.59. The summed E-state index contributed by atoms with van der Waals surface area (Å²) in [6, 6.07) is 15.1. The molecule has 0 bridgehead atoms. The van der Waals surface area contributed by atoms with E-state index in [1.807, 2.05) is 36.4 Å². The van der Waals surface area contributed by atoms with Gasteiger partial charge in [-0.3, -0.25) is 0 Å². The number of benzene rings is 2. The van der Waals surface area contributed by atoms with Gasteiger partial charge in [-0.25, -0.2) is 4.79 Å². The fraction of sp³-hybridized carbons (Fsp3) is 0.167. The maximum absolute atomic E-state index is 12.2. The van der Waals surface area contributed by atoms with Gasteiger partial charge in [0.05, 0.1) is 5.56 Å². The van der Waals surface area contributed by atoms with Crippen LogP contribution in [0.15, 0.2) is 59.1 Å². The number of esters is 1. The first kappa shape index (κ1) is 14.1. The highest BCUT2D eigenvalue weighted by atomic mass is 79.9. The van der Waals surface area contributed by atoms with E-state index in [-0.39, 0.29) is 5.97 Å². The van der Waals surface area contributed by atoms with E-state index in [0.29, 0.717) is 17.2 Å². The Morgan fingerprint density at radius 2 is 1.95 bits per heavy atom. The lowest BCUT2D eigenvalue weighted by Crippen LogP contribution is -2.03. The van der Waals surface area contributed by atoms with Crippen LogP contribution in [0, 0.1) is 0 Å². The molecule has 1 aliphatic rings. The van der Waals surface area contributed by atoms with E-state index in [2.05, 4.69) is 28.9 Å². The number of rotatable bonds is 3. The average Bonchev–Trinajstić information content (AvgIpc) is 2.85. The monoisotopic (exact) mass is 342 g/mol. The Kier molecular flexibility index (Phi) is 3.93. The largest absolute Gasteiger partial charge is 0.423 e. The molecule has 0 heterocycles. The topological polar surface area (TPSA) is 26.3 Å². The van der Waals surface area contributed by atoms with Crippen molar-refractivity contribution in [3.05, 3.63) is 75.8 Å². The van der Waals surface area contributed by atoms with Crippen LogP contribution in [-0.4, -0.2) is 5.97 Å². The van der Waals surface area contributed by atoms with Gasteiger partial charge in [-0.1, -0.05) is 41.1 Å². The molecule has 2 aromatic rings. The van der Waals surface area contributed by atoms with Crippen LogP contribution in [0.1, 0.15) is 40.7 Å². The quantitative estimate of drug-likeness (QED) is 0.720. The second kappa shape index (κ2) is 5.86. The fourth-order valence-corrected chi connectivity index (χ4v) is 2.97. The smallest absolute Gasteiger partial charge is 0.343 e. The Morgan fingerprint density at radius 3 is 2.67 bits per heavy atom. The molecule has 2 nitrogen and oxygen atoms in total. The summed E-state index contributed by atoms with van der Waals surface area (Å²) in [4.78, 5) is 12.2. The van der Waals surface area contributed by atoms with Crippen LogP contribution in [-0.2, 0) is 4.74 Å². The molecule has 0 fully saturated rings. The molecule has 0 saturated heterocycles. The molecule has 0 spiro atoms. The summed E-state index contributed by atoms with van der Waals surface area (Å²) in [6.07, 6.45) is 3.02. The van der Waals surface area contributed by atoms with Crippen molar-refractivity contribution in [2.75, 3.05) is 0 Å². The minimum absolute atomic E-state index is 0.302. The highest BCUT2D eigenvalue weighted by molar-refractivity contribution is 9.10. The number of hydrogen-bond donors (Lipinski definition) is 0. The summed E-state index contributed by atoms with van der Waals surface area (Å²) in [5.41, 5.74) is 2.79. The van der Waals surface area contributed by atoms with Gasteiger partial charge in [-0.2, -0.15) is 0 Å². The Morgan fingerprint density at radius 1 is 1.19 bits per heavy atom. The van der Waals surface area contributed by atoms with Crippen LogP contribution in [0.3, 0.4) is 0 Å². The van der Waals surface area contributed by atoms with Crippen molar-refractivity contribution in [1.29, 1.82) is 0 Å². The molecule has 0 saturated carbocycles. The maximum atomic E-state index is 12.2. The molecule has 0 radical (unpaired) electrons. The summed E-state index contributed by atoms with van der Waals surface area (Å²) >= 11 is 3.50. The van der Waals surface area contributed by atoms with Crippen molar-refractivity contribution in [3.63, 3.8) is 0 Å². The van der Waals surface area contributed by atoms with Crippen LogP contribution < -0.4 is 0 Å². The molecule has 1 atom stereocenters. The van der Waals surface area contributed by atoms with E-state index >= 15 is 0 Å². The second-order valence-corrected chi connectivity index (χ2v) is 5.95. The standard InChI is InChI=1S/C18H15BrO2/c1-2-12-10-17(15-9-8-14(19)11-16(12)15)21-18(20)13-6-4-3-5-7-13/h3-12H,2H2,1H3. The molecule has 3 rings (SSSR count). The van der Waals surface area contributed by atoms with Gasteiger partial charge in [0.1, 0.15) is 5.76 Å². The third-order valence-electron chi connectivity index (χ3n) is 3.68. The van der Waals surface area contributed by atoms with Crippen LogP contribution in [0.5, 0.6) is 0 Å². The van der Waals surface area contributed by atoms with E-state index in [4.69, 9.17) is 4.74 Å². The zero-order chi connectivity index (χ0) is 14.8. The van der Waals surface area contributed by atoms with Gasteiger partial charge in [-0.05, 0) is 48.4 Å². The van der Waals surface area contributed by atoms with Gasteiger partial charge in [0.2, 0.25) is 0 Å². The average molecular weight is 343 g/mol. The van der Waals surface area contributed by atoms with Crippen molar-refractivity contribution >= 4 is 27.7 Å². The van der Waals surface area contributed by atoms with Gasteiger partial charge in [-0.15, -0.1) is 0 Å². The molecule has 21 heavy (non-hydrogen) atoms. The molecule has 0 aromatic heterocycles.